The summed E-state index contributed by atoms with van der Waals surface area (Å²) in [7, 11) is 1.60. The fourth-order valence-electron chi connectivity index (χ4n) is 2.74. The zero-order valence-electron chi connectivity index (χ0n) is 12.3. The van der Waals surface area contributed by atoms with E-state index in [1.165, 1.54) is 0 Å². The van der Waals surface area contributed by atoms with Gasteiger partial charge in [-0.3, -0.25) is 4.79 Å². The van der Waals surface area contributed by atoms with Gasteiger partial charge in [-0.2, -0.15) is 0 Å². The van der Waals surface area contributed by atoms with Crippen LogP contribution in [-0.4, -0.2) is 42.7 Å². The molecule has 4 nitrogen and oxygen atoms in total. The molecule has 1 atom stereocenters. The molecule has 0 bridgehead atoms. The van der Waals surface area contributed by atoms with Crippen LogP contribution >= 0.6 is 11.6 Å². The van der Waals surface area contributed by atoms with Crippen LogP contribution in [0.4, 0.5) is 0 Å². The third kappa shape index (κ3) is 4.43. The van der Waals surface area contributed by atoms with Crippen LogP contribution in [0.15, 0.2) is 24.3 Å². The number of aliphatic hydroxyl groups excluding tert-OH is 1. The number of nitrogens with zero attached hydrogens (tertiary/aromatic N) is 1. The second-order valence-corrected chi connectivity index (χ2v) is 5.89. The fraction of sp³-hybridized carbons (Fsp3) is 0.562. The van der Waals surface area contributed by atoms with Crippen molar-refractivity contribution in [1.29, 1.82) is 0 Å². The van der Waals surface area contributed by atoms with Crippen molar-refractivity contribution in [3.05, 3.63) is 34.9 Å². The number of amides is 1. The van der Waals surface area contributed by atoms with E-state index in [1.54, 1.807) is 19.2 Å². The van der Waals surface area contributed by atoms with Gasteiger partial charge in [-0.1, -0.05) is 23.7 Å². The van der Waals surface area contributed by atoms with E-state index in [-0.39, 0.29) is 11.8 Å². The lowest BCUT2D eigenvalue weighted by Gasteiger charge is -2.34. The van der Waals surface area contributed by atoms with Crippen molar-refractivity contribution in [1.82, 2.24) is 4.90 Å². The second-order valence-electron chi connectivity index (χ2n) is 5.46. The van der Waals surface area contributed by atoms with E-state index < -0.39 is 6.10 Å². The first-order chi connectivity index (χ1) is 10.1. The Morgan fingerprint density at radius 1 is 1.38 bits per heavy atom. The van der Waals surface area contributed by atoms with Gasteiger partial charge in [0.25, 0.3) is 0 Å². The van der Waals surface area contributed by atoms with Crippen molar-refractivity contribution >= 4 is 17.5 Å². The number of hydrogen-bond donors (Lipinski definition) is 1. The highest BCUT2D eigenvalue weighted by Gasteiger charge is 2.27. The highest BCUT2D eigenvalue weighted by molar-refractivity contribution is 6.30. The summed E-state index contributed by atoms with van der Waals surface area (Å²) in [5, 5.41) is 11.1. The molecule has 1 heterocycles. The smallest absolute Gasteiger partial charge is 0.224 e. The third-order valence-electron chi connectivity index (χ3n) is 4.07. The highest BCUT2D eigenvalue weighted by atomic mass is 35.5. The minimum atomic E-state index is -0.488. The van der Waals surface area contributed by atoms with Gasteiger partial charge in [-0.15, -0.1) is 0 Å². The summed E-state index contributed by atoms with van der Waals surface area (Å²) in [6.45, 7) is 1.88. The number of carbonyl (C=O) groups is 1. The van der Waals surface area contributed by atoms with E-state index in [1.807, 2.05) is 17.0 Å². The average molecular weight is 312 g/mol. The van der Waals surface area contributed by atoms with Crippen LogP contribution in [0, 0.1) is 5.92 Å². The van der Waals surface area contributed by atoms with E-state index in [4.69, 9.17) is 16.3 Å². The van der Waals surface area contributed by atoms with Crippen LogP contribution in [0.2, 0.25) is 5.02 Å². The zero-order valence-corrected chi connectivity index (χ0v) is 13.1. The van der Waals surface area contributed by atoms with Gasteiger partial charge in [0.1, 0.15) is 0 Å². The van der Waals surface area contributed by atoms with Crippen molar-refractivity contribution < 1.29 is 14.6 Å². The lowest BCUT2D eigenvalue weighted by atomic mass is 9.87. The number of hydrogen-bond acceptors (Lipinski definition) is 3. The Balaban J connectivity index is 1.85. The molecule has 1 unspecified atom stereocenters. The van der Waals surface area contributed by atoms with E-state index >= 15 is 0 Å². The maximum absolute atomic E-state index is 11.9. The van der Waals surface area contributed by atoms with Crippen molar-refractivity contribution in [2.45, 2.75) is 25.4 Å². The molecule has 0 spiro atoms. The minimum absolute atomic E-state index is 0.135. The molecule has 1 N–H and O–H groups in total. The number of rotatable bonds is 5. The number of carbonyl (C=O) groups excluding carboxylic acids is 1. The minimum Gasteiger partial charge on any atom is -0.388 e. The summed E-state index contributed by atoms with van der Waals surface area (Å²) in [5.41, 5.74) is 0.892. The molecule has 116 valence electrons. The SMILES string of the molecule is COCCC(=O)N1CCC(C(O)c2ccc(Cl)cc2)CC1. The monoisotopic (exact) mass is 311 g/mol. The molecule has 0 saturated carbocycles. The standard InChI is InChI=1S/C16H22ClNO3/c1-21-11-8-15(19)18-9-6-13(7-10-18)16(20)12-2-4-14(17)5-3-12/h2-5,13,16,20H,6-11H2,1H3. The fourth-order valence-corrected chi connectivity index (χ4v) is 2.87. The van der Waals surface area contributed by atoms with Gasteiger partial charge in [0.2, 0.25) is 5.91 Å². The predicted octanol–water partition coefficient (Wildman–Crippen LogP) is 2.65. The van der Waals surface area contributed by atoms with E-state index in [0.717, 1.165) is 18.4 Å². The van der Waals surface area contributed by atoms with Crippen LogP contribution in [0.1, 0.15) is 30.9 Å². The quantitative estimate of drug-likeness (QED) is 0.909. The van der Waals surface area contributed by atoms with E-state index in [0.29, 0.717) is 31.1 Å². The first-order valence-electron chi connectivity index (χ1n) is 7.32. The van der Waals surface area contributed by atoms with Crippen LogP contribution in [0.25, 0.3) is 0 Å². The van der Waals surface area contributed by atoms with Crippen LogP contribution in [0.3, 0.4) is 0 Å². The van der Waals surface area contributed by atoms with Crippen molar-refractivity contribution in [2.24, 2.45) is 5.92 Å². The topological polar surface area (TPSA) is 49.8 Å². The molecule has 0 radical (unpaired) electrons. The van der Waals surface area contributed by atoms with Gasteiger partial charge in [-0.05, 0) is 36.5 Å². The van der Waals surface area contributed by atoms with Crippen LogP contribution in [-0.2, 0) is 9.53 Å². The van der Waals surface area contributed by atoms with Gasteiger partial charge >= 0.3 is 0 Å². The molecule has 1 aliphatic heterocycles. The molecule has 1 aromatic rings. The number of piperidine rings is 1. The van der Waals surface area contributed by atoms with Gasteiger partial charge in [0.15, 0.2) is 0 Å². The average Bonchev–Trinajstić information content (AvgIpc) is 2.53. The van der Waals surface area contributed by atoms with Crippen molar-refractivity contribution in [2.75, 3.05) is 26.8 Å². The Morgan fingerprint density at radius 3 is 2.57 bits per heavy atom. The second kappa shape index (κ2) is 7.78. The maximum Gasteiger partial charge on any atom is 0.224 e. The Bertz CT molecular complexity index is 455. The molecule has 2 rings (SSSR count). The molecule has 1 aliphatic rings. The molecule has 0 aliphatic carbocycles. The molecular formula is C16H22ClNO3. The first-order valence-corrected chi connectivity index (χ1v) is 7.70. The van der Waals surface area contributed by atoms with Gasteiger partial charge in [0.05, 0.1) is 19.1 Å². The Morgan fingerprint density at radius 2 is 2.00 bits per heavy atom. The van der Waals surface area contributed by atoms with E-state index in [2.05, 4.69) is 0 Å². The molecule has 1 aromatic carbocycles. The molecule has 21 heavy (non-hydrogen) atoms. The molecule has 1 amide bonds. The Kier molecular flexibility index (Phi) is 6.03. The molecule has 5 heteroatoms. The Hall–Kier alpha value is -1.10. The summed E-state index contributed by atoms with van der Waals surface area (Å²) in [6.07, 6.45) is 1.59. The summed E-state index contributed by atoms with van der Waals surface area (Å²) < 4.78 is 4.93. The molecule has 0 aromatic heterocycles. The third-order valence-corrected chi connectivity index (χ3v) is 4.32. The van der Waals surface area contributed by atoms with Crippen molar-refractivity contribution in [3.8, 4) is 0 Å². The summed E-state index contributed by atoms with van der Waals surface area (Å²) in [6, 6.07) is 7.32. The lowest BCUT2D eigenvalue weighted by molar-refractivity contribution is -0.134. The number of methoxy groups -OCH3 is 1. The first kappa shape index (κ1) is 16.3. The molecular weight excluding hydrogens is 290 g/mol. The van der Waals surface area contributed by atoms with Gasteiger partial charge < -0.3 is 14.7 Å². The van der Waals surface area contributed by atoms with Gasteiger partial charge in [-0.25, -0.2) is 0 Å². The number of aliphatic hydroxyl groups is 1. The largest absolute Gasteiger partial charge is 0.388 e. The van der Waals surface area contributed by atoms with Crippen molar-refractivity contribution in [3.63, 3.8) is 0 Å². The lowest BCUT2D eigenvalue weighted by Crippen LogP contribution is -2.40. The van der Waals surface area contributed by atoms with Crippen LogP contribution < -0.4 is 0 Å². The predicted molar refractivity (Wildman–Crippen MR) is 82.2 cm³/mol. The number of likely N-dealkylation sites (tertiary alicyclic amines) is 1. The van der Waals surface area contributed by atoms with Gasteiger partial charge in [0, 0.05) is 25.2 Å². The van der Waals surface area contributed by atoms with Crippen LogP contribution in [0.5, 0.6) is 0 Å². The summed E-state index contributed by atoms with van der Waals surface area (Å²) in [5.74, 6) is 0.328. The summed E-state index contributed by atoms with van der Waals surface area (Å²) >= 11 is 5.86. The van der Waals surface area contributed by atoms with E-state index in [9.17, 15) is 9.90 Å². The Labute approximate surface area is 130 Å². The normalized spacial score (nSPS) is 17.8. The maximum atomic E-state index is 11.9. The molecule has 1 saturated heterocycles. The number of benzene rings is 1. The summed E-state index contributed by atoms with van der Waals surface area (Å²) in [4.78, 5) is 13.8. The highest BCUT2D eigenvalue weighted by Crippen LogP contribution is 2.31. The number of halogens is 1. The zero-order chi connectivity index (χ0) is 15.2. The molecule has 1 fully saturated rings. The number of ether oxygens (including phenoxy) is 1.